The van der Waals surface area contributed by atoms with E-state index in [2.05, 4.69) is 0 Å². The summed E-state index contributed by atoms with van der Waals surface area (Å²) in [6, 6.07) is 12.2. The molecule has 208 valence electrons. The summed E-state index contributed by atoms with van der Waals surface area (Å²) in [6.45, 7) is -0.0983. The van der Waals surface area contributed by atoms with Crippen molar-refractivity contribution >= 4 is 81.8 Å². The molecule has 2 N–H and O–H groups in total. The molecule has 2 fully saturated rings. The second kappa shape index (κ2) is 9.46. The van der Waals surface area contributed by atoms with Crippen molar-refractivity contribution in [1.29, 1.82) is 0 Å². The highest BCUT2D eigenvalue weighted by molar-refractivity contribution is 6.56. The van der Waals surface area contributed by atoms with E-state index in [-0.39, 0.29) is 49.1 Å². The molecule has 2 saturated carbocycles. The van der Waals surface area contributed by atoms with E-state index in [1.54, 1.807) is 24.3 Å². The number of benzene rings is 3. The van der Waals surface area contributed by atoms with Gasteiger partial charge < -0.3 is 14.9 Å². The average molecular weight is 635 g/mol. The third-order valence-electron chi connectivity index (χ3n) is 7.90. The van der Waals surface area contributed by atoms with Crippen LogP contribution in [0.25, 0.3) is 0 Å². The van der Waals surface area contributed by atoms with Gasteiger partial charge in [0.2, 0.25) is 0 Å². The molecule has 0 saturated heterocycles. The molecule has 2 atom stereocenters. The molecule has 3 aromatic carbocycles. The first kappa shape index (κ1) is 27.5. The Morgan fingerprint density at radius 1 is 0.756 bits per heavy atom. The highest BCUT2D eigenvalue weighted by atomic mass is 35.5. The van der Waals surface area contributed by atoms with Crippen molar-refractivity contribution in [2.24, 2.45) is 17.8 Å². The minimum Gasteiger partial charge on any atom is -0.481 e. The van der Waals surface area contributed by atoms with E-state index in [1.807, 2.05) is 0 Å². The molecule has 3 aliphatic rings. The predicted octanol–water partition coefficient (Wildman–Crippen LogP) is 5.74. The van der Waals surface area contributed by atoms with Gasteiger partial charge in [-0.15, -0.1) is 0 Å². The number of anilines is 1. The molecule has 2 amide bonds. The molecule has 41 heavy (non-hydrogen) atoms. The Balaban J connectivity index is 1.13. The van der Waals surface area contributed by atoms with Gasteiger partial charge in [-0.05, 0) is 41.3 Å². The van der Waals surface area contributed by atoms with Crippen LogP contribution in [0.3, 0.4) is 0 Å². The van der Waals surface area contributed by atoms with E-state index in [4.69, 9.17) is 51.1 Å². The van der Waals surface area contributed by atoms with Crippen LogP contribution in [0.5, 0.6) is 0 Å². The number of carboxylic acids is 2. The lowest BCUT2D eigenvalue weighted by atomic mass is 9.89. The summed E-state index contributed by atoms with van der Waals surface area (Å²) in [5.74, 6) is -6.02. The molecular weight excluding hydrogens is 620 g/mol. The molecule has 0 unspecified atom stereocenters. The number of hydrogen-bond acceptors (Lipinski definition) is 6. The zero-order chi connectivity index (χ0) is 29.5. The van der Waals surface area contributed by atoms with Crippen LogP contribution < -0.4 is 4.90 Å². The second-order valence-corrected chi connectivity index (χ2v) is 11.4. The fourth-order valence-electron chi connectivity index (χ4n) is 5.86. The fourth-order valence-corrected chi connectivity index (χ4v) is 6.87. The molecule has 2 aliphatic carbocycles. The number of rotatable bonds is 7. The van der Waals surface area contributed by atoms with Crippen LogP contribution in [0.15, 0.2) is 48.5 Å². The number of ether oxygens (including phenoxy) is 1. The molecule has 0 aromatic heterocycles. The summed E-state index contributed by atoms with van der Waals surface area (Å²) in [6.07, 6.45) is 0. The van der Waals surface area contributed by atoms with E-state index in [9.17, 15) is 34.2 Å². The Hall–Kier alpha value is -3.63. The lowest BCUT2D eigenvalue weighted by Crippen LogP contribution is -2.29. The number of imide groups is 1. The Bertz CT molecular complexity index is 1650. The van der Waals surface area contributed by atoms with Crippen LogP contribution in [0.2, 0.25) is 20.1 Å². The molecule has 1 heterocycles. The molecule has 0 bridgehead atoms. The second-order valence-electron chi connectivity index (χ2n) is 9.86. The van der Waals surface area contributed by atoms with Crippen molar-refractivity contribution in [3.05, 3.63) is 96.4 Å². The normalized spacial score (nSPS) is 23.6. The maximum atomic E-state index is 13.0. The van der Waals surface area contributed by atoms with Gasteiger partial charge in [-0.2, -0.15) is 0 Å². The summed E-state index contributed by atoms with van der Waals surface area (Å²) >= 11 is 24.4. The first-order chi connectivity index (χ1) is 19.4. The fraction of sp³-hybridized carbons (Fsp3) is 0.179. The van der Waals surface area contributed by atoms with E-state index >= 15 is 0 Å². The number of hydrogen-bond donors (Lipinski definition) is 2. The van der Waals surface area contributed by atoms with E-state index in [0.717, 1.165) is 4.90 Å². The van der Waals surface area contributed by atoms with Crippen LogP contribution in [-0.4, -0.2) is 39.9 Å². The molecule has 0 spiro atoms. The van der Waals surface area contributed by atoms with Gasteiger partial charge in [-0.3, -0.25) is 19.2 Å². The van der Waals surface area contributed by atoms with Crippen molar-refractivity contribution < 1.29 is 38.9 Å². The number of carbonyl (C=O) groups excluding carboxylic acids is 3. The topological polar surface area (TPSA) is 138 Å². The number of carboxylic acid groups (broad SMARTS) is 2. The molecular formula is C28H15Cl4NO8. The SMILES string of the molecule is O=C(OCc1ccc(C23C([C@H]2C(=O)O)[C@H]3C(=O)O)cc1)c1ccc(N2C(=O)c3c(Cl)c(Cl)c(Cl)c(Cl)c3C2=O)cc1. The number of esters is 1. The molecule has 13 heteroatoms. The van der Waals surface area contributed by atoms with Gasteiger partial charge in [0.05, 0.1) is 54.3 Å². The summed E-state index contributed by atoms with van der Waals surface area (Å²) < 4.78 is 5.36. The van der Waals surface area contributed by atoms with Gasteiger partial charge in [0.1, 0.15) is 6.61 Å². The standard InChI is InChI=1S/C28H15Cl4NO8/c29-19-14-15(20(30)22(32)21(19)31)24(35)33(23(14)34)13-7-3-11(4-8-13)27(40)41-9-10-1-5-12(6-2-10)28-16(17(28)25(36)37)18(28)26(38)39/h1-8,16-18H,9H2,(H,36,37)(H,38,39)/t16?,17-,18-,28?/m0/s1. The van der Waals surface area contributed by atoms with E-state index in [0.29, 0.717) is 11.1 Å². The van der Waals surface area contributed by atoms with Crippen molar-refractivity contribution in [2.45, 2.75) is 12.0 Å². The molecule has 0 radical (unpaired) electrons. The predicted molar refractivity (Wildman–Crippen MR) is 147 cm³/mol. The molecule has 6 rings (SSSR count). The zero-order valence-corrected chi connectivity index (χ0v) is 23.4. The van der Waals surface area contributed by atoms with Crippen molar-refractivity contribution in [3.8, 4) is 0 Å². The summed E-state index contributed by atoms with van der Waals surface area (Å²) in [4.78, 5) is 62.4. The first-order valence-electron chi connectivity index (χ1n) is 12.0. The van der Waals surface area contributed by atoms with E-state index in [1.165, 1.54) is 24.3 Å². The maximum absolute atomic E-state index is 13.0. The lowest BCUT2D eigenvalue weighted by molar-refractivity contribution is -0.144. The van der Waals surface area contributed by atoms with Crippen LogP contribution in [0.4, 0.5) is 5.69 Å². The minimum absolute atomic E-state index is 0.0983. The average Bonchev–Trinajstić information content (AvgIpc) is 3.79. The first-order valence-corrected chi connectivity index (χ1v) is 13.5. The Labute approximate surface area is 251 Å². The number of carbonyl (C=O) groups is 5. The smallest absolute Gasteiger partial charge is 0.338 e. The van der Waals surface area contributed by atoms with Crippen LogP contribution in [0, 0.1) is 17.8 Å². The Morgan fingerprint density at radius 2 is 1.24 bits per heavy atom. The van der Waals surface area contributed by atoms with Gasteiger partial charge in [0, 0.05) is 5.41 Å². The van der Waals surface area contributed by atoms with Gasteiger partial charge in [-0.25, -0.2) is 9.69 Å². The van der Waals surface area contributed by atoms with Gasteiger partial charge >= 0.3 is 17.9 Å². The van der Waals surface area contributed by atoms with Gasteiger partial charge in [-0.1, -0.05) is 70.7 Å². The molecule has 1 aliphatic heterocycles. The number of halogens is 4. The van der Waals surface area contributed by atoms with Crippen LogP contribution in [0.1, 0.15) is 42.2 Å². The summed E-state index contributed by atoms with van der Waals surface area (Å²) in [5, 5.41) is 18.1. The minimum atomic E-state index is -1.01. The van der Waals surface area contributed by atoms with Crippen molar-refractivity contribution in [1.82, 2.24) is 0 Å². The van der Waals surface area contributed by atoms with Gasteiger partial charge in [0.15, 0.2) is 0 Å². The van der Waals surface area contributed by atoms with Crippen LogP contribution in [-0.2, 0) is 26.3 Å². The Morgan fingerprint density at radius 3 is 1.71 bits per heavy atom. The Kier molecular flexibility index (Phi) is 6.35. The zero-order valence-electron chi connectivity index (χ0n) is 20.4. The van der Waals surface area contributed by atoms with Crippen LogP contribution >= 0.6 is 46.4 Å². The van der Waals surface area contributed by atoms with E-state index < -0.39 is 52.9 Å². The number of fused-ring (bicyclic) bond motifs is 2. The monoisotopic (exact) mass is 633 g/mol. The number of aliphatic carboxylic acids is 2. The number of nitrogens with zero attached hydrogens (tertiary/aromatic N) is 1. The van der Waals surface area contributed by atoms with Crippen molar-refractivity contribution in [3.63, 3.8) is 0 Å². The summed E-state index contributed by atoms with van der Waals surface area (Å²) in [7, 11) is 0. The highest BCUT2D eigenvalue weighted by Crippen LogP contribution is 2.83. The third-order valence-corrected chi connectivity index (χ3v) is 9.70. The van der Waals surface area contributed by atoms with Crippen molar-refractivity contribution in [2.75, 3.05) is 4.90 Å². The maximum Gasteiger partial charge on any atom is 0.338 e. The lowest BCUT2D eigenvalue weighted by Gasteiger charge is -2.15. The third kappa shape index (κ3) is 3.87. The quantitative estimate of drug-likeness (QED) is 0.145. The highest BCUT2D eigenvalue weighted by Gasteiger charge is 2.92. The largest absolute Gasteiger partial charge is 0.481 e. The number of amides is 2. The molecule has 3 aromatic rings. The van der Waals surface area contributed by atoms with Gasteiger partial charge in [0.25, 0.3) is 11.8 Å². The molecule has 9 nitrogen and oxygen atoms in total. The summed E-state index contributed by atoms with van der Waals surface area (Å²) in [5.41, 5.74) is 0.345.